The van der Waals surface area contributed by atoms with Crippen molar-refractivity contribution in [2.45, 2.75) is 330 Å². The third-order valence-corrected chi connectivity index (χ3v) is 13.7. The van der Waals surface area contributed by atoms with Crippen molar-refractivity contribution in [3.63, 3.8) is 0 Å². The van der Waals surface area contributed by atoms with E-state index in [0.29, 0.717) is 0 Å². The first-order valence-electron chi connectivity index (χ1n) is 28.0. The molecule has 1 aromatic rings. The van der Waals surface area contributed by atoms with Gasteiger partial charge in [0.1, 0.15) is 5.75 Å². The molecular formula is C58H110O. The maximum atomic E-state index is 7.00. The van der Waals surface area contributed by atoms with E-state index < -0.39 is 0 Å². The summed E-state index contributed by atoms with van der Waals surface area (Å²) in [4.78, 5) is 0. The second-order valence-electron chi connectivity index (χ2n) is 19.3. The fraction of sp³-hybridized carbons (Fsp3) is 0.897. The van der Waals surface area contributed by atoms with E-state index in [1.807, 2.05) is 5.56 Å². The fourth-order valence-electron chi connectivity index (χ4n) is 9.93. The Morgan fingerprint density at radius 1 is 0.203 bits per heavy atom. The molecule has 0 saturated carbocycles. The first-order chi connectivity index (χ1) is 29.2. The van der Waals surface area contributed by atoms with Gasteiger partial charge in [0, 0.05) is 0 Å². The molecule has 0 atom stereocenters. The smallest absolute Gasteiger partial charge is 0.126 e. The van der Waals surface area contributed by atoms with Gasteiger partial charge in [0.05, 0.1) is 6.61 Å². The minimum absolute atomic E-state index is 0.806. The molecule has 0 aliphatic heterocycles. The van der Waals surface area contributed by atoms with Crippen LogP contribution in [0.2, 0.25) is 0 Å². The van der Waals surface area contributed by atoms with Gasteiger partial charge in [-0.25, -0.2) is 0 Å². The molecule has 0 heterocycles. The van der Waals surface area contributed by atoms with E-state index in [9.17, 15) is 0 Å². The van der Waals surface area contributed by atoms with Gasteiger partial charge in [-0.1, -0.05) is 259 Å². The first-order valence-corrected chi connectivity index (χ1v) is 28.0. The summed E-state index contributed by atoms with van der Waals surface area (Å²) in [7, 11) is 0. The molecule has 0 aromatic heterocycles. The minimum atomic E-state index is 0.806. The molecule has 1 aromatic carbocycles. The number of rotatable bonds is 47. The first kappa shape index (κ1) is 56.0. The molecule has 1 heteroatoms. The Labute approximate surface area is 374 Å². The molecule has 0 bridgehead atoms. The molecule has 0 saturated heterocycles. The summed E-state index contributed by atoms with van der Waals surface area (Å²) < 4.78 is 7.00. The van der Waals surface area contributed by atoms with Crippen LogP contribution in [-0.2, 0) is 32.1 Å². The van der Waals surface area contributed by atoms with Crippen LogP contribution in [0.1, 0.15) is 326 Å². The zero-order valence-electron chi connectivity index (χ0n) is 41.9. The lowest BCUT2D eigenvalue weighted by atomic mass is 9.80. The van der Waals surface area contributed by atoms with Gasteiger partial charge < -0.3 is 4.74 Å². The van der Waals surface area contributed by atoms with E-state index >= 15 is 0 Å². The predicted octanol–water partition coefficient (Wildman–Crippen LogP) is 20.5. The molecule has 0 aliphatic carbocycles. The van der Waals surface area contributed by atoms with Gasteiger partial charge in [0.2, 0.25) is 0 Å². The molecule has 0 radical (unpaired) electrons. The van der Waals surface area contributed by atoms with E-state index in [1.54, 1.807) is 22.3 Å². The number of unbranched alkanes of at least 4 members (excludes halogenated alkanes) is 35. The van der Waals surface area contributed by atoms with Gasteiger partial charge in [-0.15, -0.1) is 0 Å². The van der Waals surface area contributed by atoms with Gasteiger partial charge in [0.15, 0.2) is 0 Å². The summed E-state index contributed by atoms with van der Waals surface area (Å²) in [5.41, 5.74) is 8.79. The highest BCUT2D eigenvalue weighted by molar-refractivity contribution is 5.57. The molecule has 0 amide bonds. The van der Waals surface area contributed by atoms with Crippen LogP contribution in [0.15, 0.2) is 0 Å². The van der Waals surface area contributed by atoms with Crippen LogP contribution in [0, 0.1) is 0 Å². The quantitative estimate of drug-likeness (QED) is 0.0595. The normalized spacial score (nSPS) is 11.6. The van der Waals surface area contributed by atoms with Crippen LogP contribution in [0.25, 0.3) is 0 Å². The van der Waals surface area contributed by atoms with Crippen molar-refractivity contribution in [3.8, 4) is 5.75 Å². The average Bonchev–Trinajstić information content (AvgIpc) is 3.24. The van der Waals surface area contributed by atoms with Gasteiger partial charge in [-0.05, 0) is 98.9 Å². The summed E-state index contributed by atoms with van der Waals surface area (Å²) in [6.45, 7) is 14.8. The lowest BCUT2D eigenvalue weighted by Crippen LogP contribution is -2.14. The number of hydrogen-bond acceptors (Lipinski definition) is 1. The van der Waals surface area contributed by atoms with Crippen molar-refractivity contribution < 1.29 is 4.74 Å². The summed E-state index contributed by atoms with van der Waals surface area (Å²) in [6.07, 6.45) is 62.5. The molecule has 0 fully saturated rings. The zero-order valence-corrected chi connectivity index (χ0v) is 41.9. The molecule has 348 valence electrons. The number of benzene rings is 1. The Morgan fingerprint density at radius 3 is 0.576 bits per heavy atom. The van der Waals surface area contributed by atoms with Gasteiger partial charge in [-0.3, -0.25) is 0 Å². The Bertz CT molecular complexity index is 942. The van der Waals surface area contributed by atoms with E-state index in [2.05, 4.69) is 41.5 Å². The maximum Gasteiger partial charge on any atom is 0.126 e. The van der Waals surface area contributed by atoms with Crippen LogP contribution < -0.4 is 4.74 Å². The maximum absolute atomic E-state index is 7.00. The largest absolute Gasteiger partial charge is 0.493 e. The lowest BCUT2D eigenvalue weighted by molar-refractivity contribution is 0.330. The fourth-order valence-corrected chi connectivity index (χ4v) is 9.93. The molecule has 0 aliphatic rings. The van der Waals surface area contributed by atoms with Crippen LogP contribution in [0.4, 0.5) is 0 Å². The zero-order chi connectivity index (χ0) is 42.7. The predicted molar refractivity (Wildman–Crippen MR) is 269 cm³/mol. The van der Waals surface area contributed by atoms with E-state index in [0.717, 1.165) is 6.61 Å². The van der Waals surface area contributed by atoms with Crippen LogP contribution in [0.5, 0.6) is 5.75 Å². The van der Waals surface area contributed by atoms with Crippen molar-refractivity contribution in [1.29, 1.82) is 0 Å². The third kappa shape index (κ3) is 29.9. The average molecular weight is 824 g/mol. The SMILES string of the molecule is CCCCCCCCCCc1c(CCCCCCCCCC)c(CCCCCCCCCC)c(OCC)c(CCCCCCCCCC)c1CCCCCCCCCC. The van der Waals surface area contributed by atoms with Crippen molar-refractivity contribution in [2.24, 2.45) is 0 Å². The van der Waals surface area contributed by atoms with E-state index in [1.165, 1.54) is 295 Å². The standard InChI is InChI=1S/C58H110O/c1-7-13-18-23-28-33-38-43-48-53-54(49-44-39-34-29-24-19-14-8-2)56(51-46-41-36-31-26-21-16-10-4)58(59-12-6)57(52-47-42-37-32-27-22-17-11-5)55(53)50-45-40-35-30-25-20-15-9-3/h7-52H2,1-6H3. The summed E-state index contributed by atoms with van der Waals surface area (Å²) in [6, 6.07) is 0. The summed E-state index contributed by atoms with van der Waals surface area (Å²) in [5, 5.41) is 0. The summed E-state index contributed by atoms with van der Waals surface area (Å²) >= 11 is 0. The topological polar surface area (TPSA) is 9.23 Å². The van der Waals surface area contributed by atoms with Crippen molar-refractivity contribution in [3.05, 3.63) is 27.8 Å². The molecule has 0 N–H and O–H groups in total. The van der Waals surface area contributed by atoms with E-state index in [4.69, 9.17) is 4.74 Å². The molecule has 1 rings (SSSR count). The molecule has 59 heavy (non-hydrogen) atoms. The second kappa shape index (κ2) is 43.7. The monoisotopic (exact) mass is 823 g/mol. The van der Waals surface area contributed by atoms with Crippen LogP contribution >= 0.6 is 0 Å². The van der Waals surface area contributed by atoms with Gasteiger partial charge >= 0.3 is 0 Å². The minimum Gasteiger partial charge on any atom is -0.493 e. The highest BCUT2D eigenvalue weighted by atomic mass is 16.5. The Hall–Kier alpha value is -0.980. The highest BCUT2D eigenvalue weighted by Gasteiger charge is 2.24. The van der Waals surface area contributed by atoms with Gasteiger partial charge in [-0.2, -0.15) is 0 Å². The second-order valence-corrected chi connectivity index (χ2v) is 19.3. The molecular weight excluding hydrogens is 713 g/mol. The Kier molecular flexibility index (Phi) is 41.5. The van der Waals surface area contributed by atoms with Gasteiger partial charge in [0.25, 0.3) is 0 Å². The van der Waals surface area contributed by atoms with Crippen molar-refractivity contribution in [1.82, 2.24) is 0 Å². The van der Waals surface area contributed by atoms with Crippen molar-refractivity contribution in [2.75, 3.05) is 6.61 Å². The highest BCUT2D eigenvalue weighted by Crippen LogP contribution is 2.40. The Balaban J connectivity index is 3.53. The summed E-state index contributed by atoms with van der Waals surface area (Å²) in [5.74, 6) is 1.39. The van der Waals surface area contributed by atoms with E-state index in [-0.39, 0.29) is 0 Å². The number of hydrogen-bond donors (Lipinski definition) is 0. The third-order valence-electron chi connectivity index (χ3n) is 13.7. The molecule has 0 spiro atoms. The van der Waals surface area contributed by atoms with Crippen LogP contribution in [-0.4, -0.2) is 6.61 Å². The molecule has 0 unspecified atom stereocenters. The number of ether oxygens (including phenoxy) is 1. The molecule has 1 nitrogen and oxygen atoms in total. The van der Waals surface area contributed by atoms with Crippen LogP contribution in [0.3, 0.4) is 0 Å². The lowest BCUT2D eigenvalue weighted by Gasteiger charge is -2.28. The Morgan fingerprint density at radius 2 is 0.373 bits per heavy atom. The van der Waals surface area contributed by atoms with Crippen molar-refractivity contribution >= 4 is 0 Å².